The second-order valence-corrected chi connectivity index (χ2v) is 8.70. The third-order valence-corrected chi connectivity index (χ3v) is 5.97. The maximum Gasteiger partial charge on any atom is 0.261 e. The number of nitrogens with one attached hydrogen (secondary N) is 2. The van der Waals surface area contributed by atoms with Gasteiger partial charge in [-0.2, -0.15) is 0 Å². The fourth-order valence-electron chi connectivity index (χ4n) is 2.56. The number of hydrogen-bond acceptors (Lipinski definition) is 4. The zero-order valence-electron chi connectivity index (χ0n) is 15.1. The van der Waals surface area contributed by atoms with Crippen molar-refractivity contribution in [2.24, 2.45) is 7.05 Å². The number of imidazole rings is 1. The van der Waals surface area contributed by atoms with Crippen LogP contribution in [0.4, 0.5) is 5.69 Å². The summed E-state index contributed by atoms with van der Waals surface area (Å²) in [5.74, 6) is 0.519. The molecule has 2 N–H and O–H groups in total. The van der Waals surface area contributed by atoms with Crippen LogP contribution in [0.25, 0.3) is 0 Å². The van der Waals surface area contributed by atoms with Gasteiger partial charge in [0.2, 0.25) is 0 Å². The highest BCUT2D eigenvalue weighted by Crippen LogP contribution is 2.19. The minimum Gasteiger partial charge on any atom is -0.352 e. The zero-order valence-corrected chi connectivity index (χ0v) is 17.5. The van der Waals surface area contributed by atoms with Gasteiger partial charge < -0.3 is 9.88 Å². The lowest BCUT2D eigenvalue weighted by Crippen LogP contribution is -2.26. The molecule has 146 valence electrons. The average molecular weight is 463 g/mol. The van der Waals surface area contributed by atoms with E-state index in [9.17, 15) is 13.2 Å². The van der Waals surface area contributed by atoms with Crippen molar-refractivity contribution in [3.8, 4) is 0 Å². The van der Waals surface area contributed by atoms with Gasteiger partial charge in [-0.25, -0.2) is 13.4 Å². The van der Waals surface area contributed by atoms with Crippen LogP contribution in [0.3, 0.4) is 0 Å². The molecule has 2 aromatic carbocycles. The molecule has 0 saturated carbocycles. The van der Waals surface area contributed by atoms with Crippen LogP contribution in [0.5, 0.6) is 0 Å². The number of sulfonamides is 1. The maximum absolute atomic E-state index is 12.6. The van der Waals surface area contributed by atoms with Gasteiger partial charge in [-0.1, -0.05) is 22.0 Å². The van der Waals surface area contributed by atoms with E-state index in [1.54, 1.807) is 42.6 Å². The summed E-state index contributed by atoms with van der Waals surface area (Å²) in [5, 5.41) is 2.79. The molecule has 3 aromatic rings. The largest absolute Gasteiger partial charge is 0.352 e. The van der Waals surface area contributed by atoms with Gasteiger partial charge in [-0.05, 0) is 42.5 Å². The molecule has 0 saturated heterocycles. The highest BCUT2D eigenvalue weighted by Gasteiger charge is 2.16. The van der Waals surface area contributed by atoms with Gasteiger partial charge in [-0.15, -0.1) is 0 Å². The molecule has 1 amide bonds. The third-order valence-electron chi connectivity index (χ3n) is 4.06. The number of rotatable bonds is 7. The van der Waals surface area contributed by atoms with Gasteiger partial charge in [0.25, 0.3) is 15.9 Å². The Balaban J connectivity index is 1.67. The Morgan fingerprint density at radius 3 is 2.61 bits per heavy atom. The second kappa shape index (κ2) is 8.57. The summed E-state index contributed by atoms with van der Waals surface area (Å²) in [6.45, 7) is 0.401. The molecule has 9 heteroatoms. The van der Waals surface area contributed by atoms with E-state index >= 15 is 0 Å². The molecule has 1 heterocycles. The van der Waals surface area contributed by atoms with E-state index in [0.717, 1.165) is 10.3 Å². The SMILES string of the molecule is Cn1ccnc1CCNC(=O)c1cccc(S(=O)(=O)Nc2ccc(Br)cc2)c1. The van der Waals surface area contributed by atoms with Gasteiger partial charge in [0, 0.05) is 48.1 Å². The quantitative estimate of drug-likeness (QED) is 0.564. The molecule has 0 atom stereocenters. The molecule has 0 aliphatic rings. The first kappa shape index (κ1) is 20.1. The molecule has 1 aromatic heterocycles. The van der Waals surface area contributed by atoms with Crippen molar-refractivity contribution < 1.29 is 13.2 Å². The molecule has 28 heavy (non-hydrogen) atoms. The Hall–Kier alpha value is -2.65. The summed E-state index contributed by atoms with van der Waals surface area (Å²) in [5.41, 5.74) is 0.714. The van der Waals surface area contributed by atoms with Gasteiger partial charge >= 0.3 is 0 Å². The van der Waals surface area contributed by atoms with Crippen LogP contribution >= 0.6 is 15.9 Å². The lowest BCUT2D eigenvalue weighted by molar-refractivity contribution is 0.0953. The summed E-state index contributed by atoms with van der Waals surface area (Å²) in [6.07, 6.45) is 4.12. The molecule has 7 nitrogen and oxygen atoms in total. The lowest BCUT2D eigenvalue weighted by Gasteiger charge is -2.10. The van der Waals surface area contributed by atoms with E-state index in [1.807, 2.05) is 17.8 Å². The normalized spacial score (nSPS) is 11.2. The first-order valence-corrected chi connectivity index (χ1v) is 10.8. The van der Waals surface area contributed by atoms with Crippen molar-refractivity contribution in [3.05, 3.63) is 76.8 Å². The van der Waals surface area contributed by atoms with Crippen LogP contribution in [0.1, 0.15) is 16.2 Å². The minimum atomic E-state index is -3.80. The fraction of sp³-hybridized carbons (Fsp3) is 0.158. The monoisotopic (exact) mass is 462 g/mol. The van der Waals surface area contributed by atoms with Gasteiger partial charge in [0.05, 0.1) is 4.90 Å². The third kappa shape index (κ3) is 4.99. The molecule has 0 radical (unpaired) electrons. The molecule has 0 spiro atoms. The standard InChI is InChI=1S/C19H19BrN4O3S/c1-24-12-11-21-18(24)9-10-22-19(25)14-3-2-4-17(13-14)28(26,27)23-16-7-5-15(20)6-8-16/h2-8,11-13,23H,9-10H2,1H3,(H,22,25). The molecule has 0 aliphatic carbocycles. The Labute approximate surface area is 172 Å². The van der Waals surface area contributed by atoms with E-state index in [0.29, 0.717) is 18.7 Å². The molecular weight excluding hydrogens is 444 g/mol. The minimum absolute atomic E-state index is 0.0205. The van der Waals surface area contributed by atoms with Crippen LogP contribution in [-0.4, -0.2) is 30.4 Å². The fourth-order valence-corrected chi connectivity index (χ4v) is 3.93. The second-order valence-electron chi connectivity index (χ2n) is 6.10. The lowest BCUT2D eigenvalue weighted by atomic mass is 10.2. The van der Waals surface area contributed by atoms with Crippen molar-refractivity contribution >= 4 is 37.5 Å². The summed E-state index contributed by atoms with van der Waals surface area (Å²) >= 11 is 3.31. The Kier molecular flexibility index (Phi) is 6.15. The molecule has 0 aliphatic heterocycles. The Morgan fingerprint density at radius 2 is 1.93 bits per heavy atom. The van der Waals surface area contributed by atoms with E-state index in [-0.39, 0.29) is 16.4 Å². The predicted octanol–water partition coefficient (Wildman–Crippen LogP) is 2.96. The van der Waals surface area contributed by atoms with Crippen LogP contribution in [-0.2, 0) is 23.5 Å². The van der Waals surface area contributed by atoms with Gasteiger partial charge in [0.15, 0.2) is 0 Å². The number of aryl methyl sites for hydroxylation is 1. The highest BCUT2D eigenvalue weighted by atomic mass is 79.9. The number of amides is 1. The summed E-state index contributed by atoms with van der Waals surface area (Å²) < 4.78 is 30.4. The smallest absolute Gasteiger partial charge is 0.261 e. The van der Waals surface area contributed by atoms with Crippen LogP contribution in [0.15, 0.2) is 70.3 Å². The maximum atomic E-state index is 12.6. The van der Waals surface area contributed by atoms with Crippen LogP contribution in [0.2, 0.25) is 0 Å². The Bertz CT molecular complexity index is 1080. The van der Waals surface area contributed by atoms with Crippen LogP contribution in [0, 0.1) is 0 Å². The number of halogens is 1. The van der Waals surface area contributed by atoms with Crippen molar-refractivity contribution in [1.82, 2.24) is 14.9 Å². The molecule has 3 rings (SSSR count). The molecule has 0 unspecified atom stereocenters. The molecule has 0 fully saturated rings. The van der Waals surface area contributed by atoms with Gasteiger partial charge in [-0.3, -0.25) is 9.52 Å². The van der Waals surface area contributed by atoms with E-state index < -0.39 is 10.0 Å². The highest BCUT2D eigenvalue weighted by molar-refractivity contribution is 9.10. The number of carbonyl (C=O) groups excluding carboxylic acids is 1. The van der Waals surface area contributed by atoms with Crippen molar-refractivity contribution in [2.75, 3.05) is 11.3 Å². The van der Waals surface area contributed by atoms with E-state index in [4.69, 9.17) is 0 Å². The van der Waals surface area contributed by atoms with E-state index in [2.05, 4.69) is 31.0 Å². The van der Waals surface area contributed by atoms with Crippen molar-refractivity contribution in [3.63, 3.8) is 0 Å². The average Bonchev–Trinajstić information content (AvgIpc) is 3.08. The number of anilines is 1. The van der Waals surface area contributed by atoms with Crippen LogP contribution < -0.4 is 10.0 Å². The number of nitrogens with zero attached hydrogens (tertiary/aromatic N) is 2. The zero-order chi connectivity index (χ0) is 20.1. The summed E-state index contributed by atoms with van der Waals surface area (Å²) in [4.78, 5) is 16.6. The number of aromatic nitrogens is 2. The van der Waals surface area contributed by atoms with Crippen molar-refractivity contribution in [1.29, 1.82) is 0 Å². The number of hydrogen-bond donors (Lipinski definition) is 2. The van der Waals surface area contributed by atoms with Gasteiger partial charge in [0.1, 0.15) is 5.82 Å². The molecule has 0 bridgehead atoms. The number of benzene rings is 2. The predicted molar refractivity (Wildman–Crippen MR) is 111 cm³/mol. The molecular formula is C19H19BrN4O3S. The van der Waals surface area contributed by atoms with E-state index in [1.165, 1.54) is 12.1 Å². The first-order valence-electron chi connectivity index (χ1n) is 8.48. The summed E-state index contributed by atoms with van der Waals surface area (Å²) in [6, 6.07) is 12.7. The van der Waals surface area contributed by atoms with Crippen molar-refractivity contribution in [2.45, 2.75) is 11.3 Å². The summed E-state index contributed by atoms with van der Waals surface area (Å²) in [7, 11) is -1.92. The Morgan fingerprint density at radius 1 is 1.18 bits per heavy atom. The topological polar surface area (TPSA) is 93.1 Å². The number of carbonyl (C=O) groups is 1. The first-order chi connectivity index (χ1) is 13.3.